The summed E-state index contributed by atoms with van der Waals surface area (Å²) >= 11 is 0. The summed E-state index contributed by atoms with van der Waals surface area (Å²) in [6.07, 6.45) is 5.32. The molecule has 1 saturated heterocycles. The van der Waals surface area contributed by atoms with Gasteiger partial charge in [-0.2, -0.15) is 0 Å². The lowest BCUT2D eigenvalue weighted by Gasteiger charge is -2.32. The van der Waals surface area contributed by atoms with Gasteiger partial charge in [0.05, 0.1) is 0 Å². The van der Waals surface area contributed by atoms with Crippen LogP contribution in [0.25, 0.3) is 5.65 Å². The number of pyridine rings is 1. The number of nitrogens with one attached hydrogen (secondary N) is 1. The molecule has 1 aliphatic heterocycles. The van der Waals surface area contributed by atoms with Gasteiger partial charge in [0.1, 0.15) is 5.82 Å². The van der Waals surface area contributed by atoms with Gasteiger partial charge in [-0.3, -0.25) is 9.39 Å². The van der Waals surface area contributed by atoms with E-state index in [1.165, 1.54) is 12.8 Å². The highest BCUT2D eigenvalue weighted by molar-refractivity contribution is 14.0. The van der Waals surface area contributed by atoms with E-state index < -0.39 is 0 Å². The summed E-state index contributed by atoms with van der Waals surface area (Å²) in [5.41, 5.74) is 0.895. The average molecular weight is 428 g/mol. The van der Waals surface area contributed by atoms with E-state index >= 15 is 0 Å². The van der Waals surface area contributed by atoms with Crippen molar-refractivity contribution in [1.29, 1.82) is 0 Å². The maximum Gasteiger partial charge on any atom is 0.193 e. The number of nitrogens with zero attached hydrogens (tertiary/aromatic N) is 5. The zero-order valence-corrected chi connectivity index (χ0v) is 16.1. The molecule has 0 unspecified atom stereocenters. The van der Waals surface area contributed by atoms with Crippen molar-refractivity contribution in [2.24, 2.45) is 10.9 Å². The molecule has 126 valence electrons. The van der Waals surface area contributed by atoms with Crippen molar-refractivity contribution in [1.82, 2.24) is 24.8 Å². The van der Waals surface area contributed by atoms with Crippen molar-refractivity contribution in [3.63, 3.8) is 0 Å². The first kappa shape index (κ1) is 18.0. The molecule has 3 rings (SSSR count). The molecule has 0 amide bonds. The summed E-state index contributed by atoms with van der Waals surface area (Å²) in [6, 6.07) is 5.95. The Balaban J connectivity index is 0.00000192. The molecule has 1 N–H and O–H groups in total. The topological polar surface area (TPSA) is 57.8 Å². The van der Waals surface area contributed by atoms with Crippen molar-refractivity contribution in [2.45, 2.75) is 26.2 Å². The van der Waals surface area contributed by atoms with Gasteiger partial charge in [0.2, 0.25) is 0 Å². The number of halogens is 1. The summed E-state index contributed by atoms with van der Waals surface area (Å²) in [5.74, 6) is 2.81. The molecule has 2 aromatic heterocycles. The summed E-state index contributed by atoms with van der Waals surface area (Å²) < 4.78 is 2.03. The van der Waals surface area contributed by atoms with Gasteiger partial charge in [-0.25, -0.2) is 0 Å². The Morgan fingerprint density at radius 2 is 2.09 bits per heavy atom. The number of likely N-dealkylation sites (tertiary alicyclic amines) is 1. The van der Waals surface area contributed by atoms with Crippen molar-refractivity contribution >= 4 is 35.6 Å². The second-order valence-corrected chi connectivity index (χ2v) is 5.94. The van der Waals surface area contributed by atoms with E-state index in [1.807, 2.05) is 35.8 Å². The normalized spacial score (nSPS) is 16.4. The van der Waals surface area contributed by atoms with E-state index in [-0.39, 0.29) is 24.0 Å². The molecular weight excluding hydrogens is 403 g/mol. The Morgan fingerprint density at radius 3 is 2.83 bits per heavy atom. The number of aliphatic imine (C=N–C) groups is 1. The Kier molecular flexibility index (Phi) is 6.61. The lowest BCUT2D eigenvalue weighted by molar-refractivity contribution is 0.273. The number of guanidine groups is 1. The van der Waals surface area contributed by atoms with Crippen LogP contribution in [0.4, 0.5) is 0 Å². The van der Waals surface area contributed by atoms with Crippen molar-refractivity contribution in [2.75, 3.05) is 26.7 Å². The van der Waals surface area contributed by atoms with Crippen LogP contribution in [0, 0.1) is 5.92 Å². The zero-order valence-electron chi connectivity index (χ0n) is 13.8. The molecule has 1 aliphatic rings. The van der Waals surface area contributed by atoms with Crippen LogP contribution in [0.2, 0.25) is 0 Å². The number of rotatable bonds is 3. The van der Waals surface area contributed by atoms with E-state index in [0.29, 0.717) is 0 Å². The van der Waals surface area contributed by atoms with E-state index in [2.05, 4.69) is 32.3 Å². The lowest BCUT2D eigenvalue weighted by atomic mass is 10.00. The van der Waals surface area contributed by atoms with Gasteiger partial charge in [0.15, 0.2) is 11.6 Å². The van der Waals surface area contributed by atoms with Gasteiger partial charge in [-0.1, -0.05) is 13.0 Å². The van der Waals surface area contributed by atoms with E-state index in [9.17, 15) is 0 Å². The molecule has 0 bridgehead atoms. The molecule has 0 aromatic carbocycles. The van der Waals surface area contributed by atoms with Crippen LogP contribution in [-0.2, 0) is 6.42 Å². The maximum absolute atomic E-state index is 4.41. The first-order valence-corrected chi connectivity index (χ1v) is 8.02. The van der Waals surface area contributed by atoms with Gasteiger partial charge in [-0.05, 0) is 30.9 Å². The molecule has 0 saturated carbocycles. The SMILES string of the molecule is CN=C(NCCc1nnc2ccccn12)N1CCC(C)CC1.I. The Hall–Kier alpha value is -1.38. The van der Waals surface area contributed by atoms with Crippen molar-refractivity contribution in [3.05, 3.63) is 30.2 Å². The summed E-state index contributed by atoms with van der Waals surface area (Å²) in [5, 5.41) is 11.9. The molecule has 7 heteroatoms. The number of fused-ring (bicyclic) bond motifs is 1. The van der Waals surface area contributed by atoms with Crippen LogP contribution in [0.5, 0.6) is 0 Å². The highest BCUT2D eigenvalue weighted by atomic mass is 127. The van der Waals surface area contributed by atoms with Gasteiger partial charge >= 0.3 is 0 Å². The number of hydrogen-bond donors (Lipinski definition) is 1. The number of piperidine rings is 1. The van der Waals surface area contributed by atoms with Crippen molar-refractivity contribution in [3.8, 4) is 0 Å². The molecule has 0 aliphatic carbocycles. The van der Waals surface area contributed by atoms with Gasteiger partial charge < -0.3 is 10.2 Å². The van der Waals surface area contributed by atoms with E-state index in [0.717, 1.165) is 49.4 Å². The Bertz CT molecular complexity index is 645. The third-order valence-electron chi connectivity index (χ3n) is 4.31. The molecule has 1 fully saturated rings. The first-order chi connectivity index (χ1) is 10.8. The van der Waals surface area contributed by atoms with Crippen LogP contribution in [0.15, 0.2) is 29.4 Å². The van der Waals surface area contributed by atoms with Crippen LogP contribution in [0.3, 0.4) is 0 Å². The summed E-state index contributed by atoms with van der Waals surface area (Å²) in [4.78, 5) is 6.76. The smallest absolute Gasteiger partial charge is 0.193 e. The fourth-order valence-electron chi connectivity index (χ4n) is 2.90. The monoisotopic (exact) mass is 428 g/mol. The predicted molar refractivity (Wildman–Crippen MR) is 103 cm³/mol. The second kappa shape index (κ2) is 8.47. The standard InChI is InChI=1S/C16H24N6.HI/c1-13-7-11-21(12-8-13)16(17-2)18-9-6-15-20-19-14-5-3-4-10-22(14)15;/h3-5,10,13H,6-9,11-12H2,1-2H3,(H,17,18);1H. The molecule has 0 spiro atoms. The van der Waals surface area contributed by atoms with Crippen LogP contribution in [-0.4, -0.2) is 52.1 Å². The zero-order chi connectivity index (χ0) is 15.4. The van der Waals surface area contributed by atoms with E-state index in [4.69, 9.17) is 0 Å². The predicted octanol–water partition coefficient (Wildman–Crippen LogP) is 2.20. The first-order valence-electron chi connectivity index (χ1n) is 8.02. The summed E-state index contributed by atoms with van der Waals surface area (Å²) in [6.45, 7) is 5.32. The summed E-state index contributed by atoms with van der Waals surface area (Å²) in [7, 11) is 1.85. The largest absolute Gasteiger partial charge is 0.356 e. The minimum absolute atomic E-state index is 0. The lowest BCUT2D eigenvalue weighted by Crippen LogP contribution is -2.45. The molecule has 2 aromatic rings. The highest BCUT2D eigenvalue weighted by Crippen LogP contribution is 2.15. The molecule has 23 heavy (non-hydrogen) atoms. The number of hydrogen-bond acceptors (Lipinski definition) is 3. The highest BCUT2D eigenvalue weighted by Gasteiger charge is 2.18. The minimum Gasteiger partial charge on any atom is -0.356 e. The quantitative estimate of drug-likeness (QED) is 0.463. The van der Waals surface area contributed by atoms with Gasteiger partial charge in [0.25, 0.3) is 0 Å². The average Bonchev–Trinajstić information content (AvgIpc) is 2.96. The Morgan fingerprint density at radius 1 is 1.30 bits per heavy atom. The fourth-order valence-corrected chi connectivity index (χ4v) is 2.90. The Labute approximate surface area is 154 Å². The third-order valence-corrected chi connectivity index (χ3v) is 4.31. The molecular formula is C16H25IN6. The van der Waals surface area contributed by atoms with Crippen LogP contribution in [0.1, 0.15) is 25.6 Å². The fraction of sp³-hybridized carbons (Fsp3) is 0.562. The van der Waals surface area contributed by atoms with Crippen molar-refractivity contribution < 1.29 is 0 Å². The minimum atomic E-state index is 0. The third kappa shape index (κ3) is 4.33. The molecule has 3 heterocycles. The van der Waals surface area contributed by atoms with Gasteiger partial charge in [-0.15, -0.1) is 34.2 Å². The second-order valence-electron chi connectivity index (χ2n) is 5.94. The molecule has 6 nitrogen and oxygen atoms in total. The van der Waals surface area contributed by atoms with Gasteiger partial charge in [0, 0.05) is 39.3 Å². The molecule has 0 atom stereocenters. The number of aromatic nitrogens is 3. The van der Waals surface area contributed by atoms with Crippen LogP contribution >= 0.6 is 24.0 Å². The van der Waals surface area contributed by atoms with Crippen LogP contribution < -0.4 is 5.32 Å². The maximum atomic E-state index is 4.41. The van der Waals surface area contributed by atoms with E-state index in [1.54, 1.807) is 0 Å². The molecule has 0 radical (unpaired) electrons.